The molecule has 7 heteroatoms. The van der Waals surface area contributed by atoms with E-state index >= 15 is 0 Å². The van der Waals surface area contributed by atoms with Crippen LogP contribution in [-0.2, 0) is 4.74 Å². The van der Waals surface area contributed by atoms with Crippen LogP contribution >= 0.6 is 27.5 Å². The average molecular weight is 447 g/mol. The van der Waals surface area contributed by atoms with Crippen LogP contribution in [0.5, 0.6) is 0 Å². The van der Waals surface area contributed by atoms with E-state index in [1.807, 2.05) is 53.4 Å². The Bertz CT molecular complexity index is 970. The Morgan fingerprint density at radius 1 is 1.19 bits per heavy atom. The van der Waals surface area contributed by atoms with Crippen molar-refractivity contribution in [2.45, 2.75) is 6.04 Å². The molecule has 0 fully saturated rings. The molecule has 1 aromatic heterocycles. The molecular formula is C20H17BrClN3O2. The van der Waals surface area contributed by atoms with Gasteiger partial charge in [0.15, 0.2) is 0 Å². The van der Waals surface area contributed by atoms with E-state index in [0.29, 0.717) is 23.9 Å². The molecule has 1 atom stereocenters. The van der Waals surface area contributed by atoms with Gasteiger partial charge in [-0.2, -0.15) is 5.10 Å². The van der Waals surface area contributed by atoms with Gasteiger partial charge in [0, 0.05) is 34.3 Å². The fourth-order valence-electron chi connectivity index (χ4n) is 3.44. The highest BCUT2D eigenvalue weighted by atomic mass is 79.9. The number of rotatable bonds is 5. The number of benzene rings is 2. The maximum absolute atomic E-state index is 13.0. The Kier molecular flexibility index (Phi) is 5.04. The van der Waals surface area contributed by atoms with Crippen molar-refractivity contribution in [3.63, 3.8) is 0 Å². The third-order valence-electron chi connectivity index (χ3n) is 4.70. The fraction of sp³-hybridized carbons (Fsp3) is 0.200. The maximum atomic E-state index is 13.0. The smallest absolute Gasteiger partial charge is 0.273 e. The van der Waals surface area contributed by atoms with Crippen LogP contribution in [0, 0.1) is 0 Å². The molecule has 2 heterocycles. The van der Waals surface area contributed by atoms with Crippen molar-refractivity contribution in [1.29, 1.82) is 0 Å². The van der Waals surface area contributed by atoms with E-state index < -0.39 is 0 Å². The zero-order valence-electron chi connectivity index (χ0n) is 14.6. The summed E-state index contributed by atoms with van der Waals surface area (Å²) >= 11 is 9.50. The van der Waals surface area contributed by atoms with Crippen molar-refractivity contribution in [3.8, 4) is 11.3 Å². The van der Waals surface area contributed by atoms with Gasteiger partial charge in [0.25, 0.3) is 5.91 Å². The van der Waals surface area contributed by atoms with Crippen molar-refractivity contribution in [2.75, 3.05) is 20.3 Å². The molecule has 5 nitrogen and oxygen atoms in total. The monoisotopic (exact) mass is 445 g/mol. The molecule has 1 N–H and O–H groups in total. The van der Waals surface area contributed by atoms with Crippen LogP contribution in [0.4, 0.5) is 0 Å². The first-order chi connectivity index (χ1) is 13.1. The van der Waals surface area contributed by atoms with Crippen LogP contribution < -0.4 is 0 Å². The lowest BCUT2D eigenvalue weighted by Crippen LogP contribution is -2.32. The first-order valence-electron chi connectivity index (χ1n) is 8.49. The summed E-state index contributed by atoms with van der Waals surface area (Å²) in [6, 6.07) is 15.3. The first kappa shape index (κ1) is 18.2. The Balaban J connectivity index is 1.84. The average Bonchev–Trinajstić information content (AvgIpc) is 3.21. The van der Waals surface area contributed by atoms with Crippen LogP contribution in [0.1, 0.15) is 27.7 Å². The summed E-state index contributed by atoms with van der Waals surface area (Å²) < 4.78 is 6.21. The number of aromatic amines is 1. The topological polar surface area (TPSA) is 58.2 Å². The van der Waals surface area contributed by atoms with Crippen molar-refractivity contribution in [1.82, 2.24) is 15.1 Å². The molecule has 27 heavy (non-hydrogen) atoms. The van der Waals surface area contributed by atoms with Gasteiger partial charge < -0.3 is 9.64 Å². The van der Waals surface area contributed by atoms with Crippen LogP contribution in [0.25, 0.3) is 11.3 Å². The van der Waals surface area contributed by atoms with Gasteiger partial charge in [-0.15, -0.1) is 0 Å². The standard InChI is InChI=1S/C20H17BrClN3O2/c1-27-11-10-25-19(13-2-6-14(21)7-3-13)16-17(23-24-18(16)20(25)26)12-4-8-15(22)9-5-12/h2-9,19H,10-11H2,1H3,(H,23,24). The summed E-state index contributed by atoms with van der Waals surface area (Å²) in [6.07, 6.45) is 0. The van der Waals surface area contributed by atoms with E-state index in [-0.39, 0.29) is 11.9 Å². The van der Waals surface area contributed by atoms with Gasteiger partial charge in [-0.25, -0.2) is 0 Å². The van der Waals surface area contributed by atoms with Gasteiger partial charge in [-0.05, 0) is 29.8 Å². The Labute approximate surface area is 170 Å². The summed E-state index contributed by atoms with van der Waals surface area (Å²) in [5.74, 6) is -0.0670. The summed E-state index contributed by atoms with van der Waals surface area (Å²) in [6.45, 7) is 0.964. The fourth-order valence-corrected chi connectivity index (χ4v) is 3.83. The number of aromatic nitrogens is 2. The largest absolute Gasteiger partial charge is 0.383 e. The van der Waals surface area contributed by atoms with Gasteiger partial charge in [0.05, 0.1) is 18.3 Å². The number of carbonyl (C=O) groups is 1. The normalized spacial score (nSPS) is 16.0. The number of carbonyl (C=O) groups excluding carboxylic acids is 1. The number of nitrogens with zero attached hydrogens (tertiary/aromatic N) is 2. The predicted octanol–water partition coefficient (Wildman–Crippen LogP) is 4.68. The minimum absolute atomic E-state index is 0.0670. The van der Waals surface area contributed by atoms with Crippen LogP contribution in [0.3, 0.4) is 0 Å². The first-order valence-corrected chi connectivity index (χ1v) is 9.67. The summed E-state index contributed by atoms with van der Waals surface area (Å²) in [4.78, 5) is 14.8. The summed E-state index contributed by atoms with van der Waals surface area (Å²) in [5, 5.41) is 8.04. The van der Waals surface area contributed by atoms with E-state index in [0.717, 1.165) is 26.9 Å². The number of halogens is 2. The molecule has 1 aliphatic heterocycles. The number of H-pyrrole nitrogens is 1. The van der Waals surface area contributed by atoms with Gasteiger partial charge in [-0.3, -0.25) is 9.89 Å². The van der Waals surface area contributed by atoms with Crippen LogP contribution in [-0.4, -0.2) is 41.3 Å². The predicted molar refractivity (Wildman–Crippen MR) is 108 cm³/mol. The lowest BCUT2D eigenvalue weighted by molar-refractivity contribution is 0.0677. The highest BCUT2D eigenvalue weighted by molar-refractivity contribution is 9.10. The molecule has 4 rings (SSSR count). The lowest BCUT2D eigenvalue weighted by Gasteiger charge is -2.26. The molecule has 1 aliphatic rings. The number of hydrogen-bond donors (Lipinski definition) is 1. The van der Waals surface area contributed by atoms with Crippen molar-refractivity contribution in [3.05, 3.63) is 74.8 Å². The summed E-state index contributed by atoms with van der Waals surface area (Å²) in [7, 11) is 1.63. The molecule has 0 aliphatic carbocycles. The molecular weight excluding hydrogens is 430 g/mol. The van der Waals surface area contributed by atoms with Crippen molar-refractivity contribution < 1.29 is 9.53 Å². The van der Waals surface area contributed by atoms with Gasteiger partial charge >= 0.3 is 0 Å². The molecule has 0 saturated heterocycles. The number of fused-ring (bicyclic) bond motifs is 1. The maximum Gasteiger partial charge on any atom is 0.273 e. The number of methoxy groups -OCH3 is 1. The minimum atomic E-state index is -0.222. The Hall–Kier alpha value is -2.15. The Morgan fingerprint density at radius 2 is 1.89 bits per heavy atom. The van der Waals surface area contributed by atoms with Crippen molar-refractivity contribution in [2.24, 2.45) is 0 Å². The Morgan fingerprint density at radius 3 is 2.56 bits per heavy atom. The third-order valence-corrected chi connectivity index (χ3v) is 5.48. The molecule has 138 valence electrons. The SMILES string of the molecule is COCCN1C(=O)c2[nH]nc(-c3ccc(Cl)cc3)c2C1c1ccc(Br)cc1. The molecule has 0 spiro atoms. The highest BCUT2D eigenvalue weighted by Crippen LogP contribution is 2.42. The van der Waals surface area contributed by atoms with Crippen molar-refractivity contribution >= 4 is 33.4 Å². The van der Waals surface area contributed by atoms with Crippen LogP contribution in [0.2, 0.25) is 5.02 Å². The third kappa shape index (κ3) is 3.29. The molecule has 1 unspecified atom stereocenters. The van der Waals surface area contributed by atoms with E-state index in [1.165, 1.54) is 0 Å². The number of hydrogen-bond acceptors (Lipinski definition) is 3. The van der Waals surface area contributed by atoms with E-state index in [2.05, 4.69) is 26.1 Å². The zero-order chi connectivity index (χ0) is 19.0. The summed E-state index contributed by atoms with van der Waals surface area (Å²) in [5.41, 5.74) is 4.13. The number of amides is 1. The second kappa shape index (κ2) is 7.46. The lowest BCUT2D eigenvalue weighted by atomic mass is 9.96. The van der Waals surface area contributed by atoms with Gasteiger partial charge in [-0.1, -0.05) is 51.8 Å². The quantitative estimate of drug-likeness (QED) is 0.619. The number of nitrogens with one attached hydrogen (secondary N) is 1. The van der Waals surface area contributed by atoms with Crippen LogP contribution in [0.15, 0.2) is 53.0 Å². The minimum Gasteiger partial charge on any atom is -0.383 e. The molecule has 0 radical (unpaired) electrons. The number of ether oxygens (including phenoxy) is 1. The zero-order valence-corrected chi connectivity index (χ0v) is 16.9. The second-order valence-corrected chi connectivity index (χ2v) is 7.67. The van der Waals surface area contributed by atoms with E-state index in [1.54, 1.807) is 7.11 Å². The molecule has 1 amide bonds. The molecule has 0 bridgehead atoms. The second-order valence-electron chi connectivity index (χ2n) is 6.31. The van der Waals surface area contributed by atoms with E-state index in [9.17, 15) is 4.79 Å². The van der Waals surface area contributed by atoms with Gasteiger partial charge in [0.2, 0.25) is 0 Å². The highest BCUT2D eigenvalue weighted by Gasteiger charge is 2.41. The van der Waals surface area contributed by atoms with Gasteiger partial charge in [0.1, 0.15) is 5.69 Å². The van der Waals surface area contributed by atoms with E-state index in [4.69, 9.17) is 16.3 Å². The molecule has 0 saturated carbocycles. The molecule has 2 aromatic carbocycles. The molecule has 3 aromatic rings.